The zero-order valence-corrected chi connectivity index (χ0v) is 10.9. The van der Waals surface area contributed by atoms with E-state index < -0.39 is 0 Å². The highest BCUT2D eigenvalue weighted by molar-refractivity contribution is 5.00. The molecule has 1 aromatic heterocycles. The molecular weight excluding hydrogens is 202 g/mol. The van der Waals surface area contributed by atoms with E-state index >= 15 is 0 Å². The number of nitrogens with zero attached hydrogens (tertiary/aromatic N) is 2. The average molecular weight is 225 g/mol. The zero-order valence-electron chi connectivity index (χ0n) is 10.9. The summed E-state index contributed by atoms with van der Waals surface area (Å²) in [6.07, 6.45) is 2.02. The van der Waals surface area contributed by atoms with Gasteiger partial charge in [-0.05, 0) is 33.8 Å². The van der Waals surface area contributed by atoms with E-state index in [4.69, 9.17) is 4.74 Å². The molecule has 0 spiro atoms. The van der Waals surface area contributed by atoms with Crippen LogP contribution in [0.4, 0.5) is 0 Å². The van der Waals surface area contributed by atoms with Gasteiger partial charge >= 0.3 is 0 Å². The lowest BCUT2D eigenvalue weighted by molar-refractivity contribution is 0.127. The first kappa shape index (κ1) is 13.2. The molecule has 0 radical (unpaired) electrons. The Morgan fingerprint density at radius 1 is 1.50 bits per heavy atom. The monoisotopic (exact) mass is 225 g/mol. The molecule has 0 saturated heterocycles. The summed E-state index contributed by atoms with van der Waals surface area (Å²) in [6.45, 7) is 9.96. The predicted octanol–water partition coefficient (Wildman–Crippen LogP) is 1.98. The Labute approximate surface area is 98.0 Å². The number of hydrogen-bond donors (Lipinski definition) is 1. The summed E-state index contributed by atoms with van der Waals surface area (Å²) in [6, 6.07) is 2.47. The molecule has 0 unspecified atom stereocenters. The molecule has 92 valence electrons. The molecule has 1 heterocycles. The Balaban J connectivity index is 2.48. The number of rotatable bonds is 6. The molecule has 16 heavy (non-hydrogen) atoms. The molecule has 0 saturated carbocycles. The summed E-state index contributed by atoms with van der Waals surface area (Å²) in [5.74, 6) is 0. The minimum absolute atomic E-state index is 0.0175. The molecule has 0 aliphatic heterocycles. The largest absolute Gasteiger partial charge is 0.383 e. The van der Waals surface area contributed by atoms with Gasteiger partial charge in [-0.3, -0.25) is 4.68 Å². The number of hydrogen-bond acceptors (Lipinski definition) is 3. The first-order valence-corrected chi connectivity index (χ1v) is 5.72. The van der Waals surface area contributed by atoms with Crippen LogP contribution < -0.4 is 5.32 Å². The standard InChI is InChI=1S/C12H23N3O/c1-10(2)15-7-6-11(14-15)8-13-12(3,4)9-16-5/h6-7,10,13H,8-9H2,1-5H3. The summed E-state index contributed by atoms with van der Waals surface area (Å²) in [7, 11) is 1.72. The number of ether oxygens (including phenoxy) is 1. The molecule has 0 atom stereocenters. The van der Waals surface area contributed by atoms with Crippen molar-refractivity contribution in [1.82, 2.24) is 15.1 Å². The SMILES string of the molecule is COCC(C)(C)NCc1ccn(C(C)C)n1. The minimum atomic E-state index is -0.0175. The van der Waals surface area contributed by atoms with Crippen molar-refractivity contribution < 1.29 is 4.74 Å². The summed E-state index contributed by atoms with van der Waals surface area (Å²) >= 11 is 0. The molecule has 4 nitrogen and oxygen atoms in total. The van der Waals surface area contributed by atoms with Crippen LogP contribution in [0.25, 0.3) is 0 Å². The van der Waals surface area contributed by atoms with Crippen LogP contribution >= 0.6 is 0 Å². The van der Waals surface area contributed by atoms with Crippen LogP contribution in [0.2, 0.25) is 0 Å². The number of aromatic nitrogens is 2. The van der Waals surface area contributed by atoms with E-state index in [0.717, 1.165) is 12.2 Å². The van der Waals surface area contributed by atoms with Crippen LogP contribution in [0, 0.1) is 0 Å². The topological polar surface area (TPSA) is 39.1 Å². The highest BCUT2D eigenvalue weighted by Gasteiger charge is 2.16. The van der Waals surface area contributed by atoms with E-state index in [-0.39, 0.29) is 5.54 Å². The van der Waals surface area contributed by atoms with Gasteiger partial charge in [0, 0.05) is 31.4 Å². The van der Waals surface area contributed by atoms with Crippen LogP contribution in [0.5, 0.6) is 0 Å². The predicted molar refractivity (Wildman–Crippen MR) is 65.4 cm³/mol. The van der Waals surface area contributed by atoms with Gasteiger partial charge in [0.25, 0.3) is 0 Å². The van der Waals surface area contributed by atoms with Crippen LogP contribution in [-0.4, -0.2) is 29.0 Å². The van der Waals surface area contributed by atoms with Crippen LogP contribution in [0.1, 0.15) is 39.4 Å². The van der Waals surface area contributed by atoms with Gasteiger partial charge in [0.15, 0.2) is 0 Å². The van der Waals surface area contributed by atoms with Gasteiger partial charge in [-0.2, -0.15) is 5.10 Å². The second-order valence-corrected chi connectivity index (χ2v) is 5.05. The third-order valence-corrected chi connectivity index (χ3v) is 2.45. The van der Waals surface area contributed by atoms with Crippen molar-refractivity contribution in [3.63, 3.8) is 0 Å². The molecule has 0 amide bonds. The van der Waals surface area contributed by atoms with Crippen molar-refractivity contribution in [2.75, 3.05) is 13.7 Å². The fourth-order valence-corrected chi connectivity index (χ4v) is 1.50. The quantitative estimate of drug-likeness (QED) is 0.804. The van der Waals surface area contributed by atoms with Gasteiger partial charge in [0.1, 0.15) is 0 Å². The maximum atomic E-state index is 5.15. The lowest BCUT2D eigenvalue weighted by Gasteiger charge is -2.24. The smallest absolute Gasteiger partial charge is 0.0762 e. The second-order valence-electron chi connectivity index (χ2n) is 5.05. The van der Waals surface area contributed by atoms with Crippen LogP contribution in [-0.2, 0) is 11.3 Å². The molecule has 1 aromatic rings. The summed E-state index contributed by atoms with van der Waals surface area (Å²) in [5.41, 5.74) is 1.05. The fourth-order valence-electron chi connectivity index (χ4n) is 1.50. The zero-order chi connectivity index (χ0) is 12.2. The lowest BCUT2D eigenvalue weighted by atomic mass is 10.1. The summed E-state index contributed by atoms with van der Waals surface area (Å²) in [5, 5.41) is 7.91. The average Bonchev–Trinajstić information content (AvgIpc) is 2.63. The normalized spacial score (nSPS) is 12.4. The molecule has 0 aliphatic carbocycles. The third-order valence-electron chi connectivity index (χ3n) is 2.45. The van der Waals surface area contributed by atoms with Crippen molar-refractivity contribution in [2.45, 2.75) is 45.8 Å². The highest BCUT2D eigenvalue weighted by atomic mass is 16.5. The van der Waals surface area contributed by atoms with Gasteiger partial charge in [0.05, 0.1) is 12.3 Å². The number of nitrogens with one attached hydrogen (secondary N) is 1. The van der Waals surface area contributed by atoms with Gasteiger partial charge in [0.2, 0.25) is 0 Å². The maximum Gasteiger partial charge on any atom is 0.0762 e. The number of methoxy groups -OCH3 is 1. The van der Waals surface area contributed by atoms with Crippen molar-refractivity contribution in [2.24, 2.45) is 0 Å². The van der Waals surface area contributed by atoms with E-state index in [9.17, 15) is 0 Å². The van der Waals surface area contributed by atoms with Crippen molar-refractivity contribution in [3.8, 4) is 0 Å². The molecule has 0 fully saturated rings. The van der Waals surface area contributed by atoms with Crippen molar-refractivity contribution >= 4 is 0 Å². The van der Waals surface area contributed by atoms with Gasteiger partial charge in [-0.1, -0.05) is 0 Å². The van der Waals surface area contributed by atoms with Crippen LogP contribution in [0.3, 0.4) is 0 Å². The highest BCUT2D eigenvalue weighted by Crippen LogP contribution is 2.07. The molecule has 1 rings (SSSR count). The molecule has 4 heteroatoms. The fraction of sp³-hybridized carbons (Fsp3) is 0.750. The van der Waals surface area contributed by atoms with E-state index in [1.54, 1.807) is 7.11 Å². The van der Waals surface area contributed by atoms with Gasteiger partial charge in [-0.15, -0.1) is 0 Å². The van der Waals surface area contributed by atoms with E-state index in [2.05, 4.69) is 44.2 Å². The Kier molecular flexibility index (Phi) is 4.50. The van der Waals surface area contributed by atoms with Gasteiger partial charge in [-0.25, -0.2) is 0 Å². The third kappa shape index (κ3) is 3.94. The minimum Gasteiger partial charge on any atom is -0.383 e. The van der Waals surface area contributed by atoms with E-state index in [0.29, 0.717) is 12.6 Å². The molecule has 0 aromatic carbocycles. The maximum absolute atomic E-state index is 5.15. The Morgan fingerprint density at radius 2 is 2.19 bits per heavy atom. The Hall–Kier alpha value is -0.870. The van der Waals surface area contributed by atoms with Crippen molar-refractivity contribution in [1.29, 1.82) is 0 Å². The molecular formula is C12H23N3O. The first-order chi connectivity index (χ1) is 7.44. The Bertz CT molecular complexity index is 318. The Morgan fingerprint density at radius 3 is 2.69 bits per heavy atom. The van der Waals surface area contributed by atoms with E-state index in [1.165, 1.54) is 0 Å². The summed E-state index contributed by atoms with van der Waals surface area (Å²) < 4.78 is 7.12. The summed E-state index contributed by atoms with van der Waals surface area (Å²) in [4.78, 5) is 0. The molecule has 0 aliphatic rings. The van der Waals surface area contributed by atoms with Crippen molar-refractivity contribution in [3.05, 3.63) is 18.0 Å². The van der Waals surface area contributed by atoms with Crippen LogP contribution in [0.15, 0.2) is 12.3 Å². The molecule has 1 N–H and O–H groups in total. The lowest BCUT2D eigenvalue weighted by Crippen LogP contribution is -2.42. The second kappa shape index (κ2) is 5.46. The van der Waals surface area contributed by atoms with E-state index in [1.807, 2.05) is 10.9 Å². The first-order valence-electron chi connectivity index (χ1n) is 5.72. The van der Waals surface area contributed by atoms with Gasteiger partial charge < -0.3 is 10.1 Å². The molecule has 0 bridgehead atoms.